The number of anilines is 3. The molecule has 0 amide bonds. The van der Waals surface area contributed by atoms with Crippen LogP contribution in [0.4, 0.5) is 17.1 Å². The van der Waals surface area contributed by atoms with Crippen LogP contribution in [0.3, 0.4) is 0 Å². The maximum Gasteiger partial charge on any atom is 0.227 e. The fourth-order valence-corrected chi connectivity index (χ4v) is 4.40. The van der Waals surface area contributed by atoms with Gasteiger partial charge in [-0.3, -0.25) is 0 Å². The second-order valence-corrected chi connectivity index (χ2v) is 7.55. The second-order valence-electron chi connectivity index (χ2n) is 7.55. The molecule has 4 aromatic rings. The zero-order valence-corrected chi connectivity index (χ0v) is 16.1. The highest BCUT2D eigenvalue weighted by atomic mass is 16.3. The van der Waals surface area contributed by atoms with Crippen LogP contribution in [-0.2, 0) is 0 Å². The van der Waals surface area contributed by atoms with Gasteiger partial charge in [-0.05, 0) is 58.0 Å². The third-order valence-corrected chi connectivity index (χ3v) is 5.49. The number of pyridine rings is 1. The number of hydrogen-bond acceptors (Lipinski definition) is 4. The number of nitrogens with zero attached hydrogens (tertiary/aromatic N) is 3. The molecular formula is C23H23N3O. The Labute approximate surface area is 159 Å². The standard InChI is InChI=1S/C23H23N3O/c1-14(2)25-16(4)26(20-10-6-5-9-19(20)25)21-11-7-8-17-18-13-12-15(3)24-23(18)27-22(17)21/h5-14,16H,1-4H3/t16-/m0/s1. The molecule has 27 heavy (non-hydrogen) atoms. The molecule has 2 aromatic carbocycles. The summed E-state index contributed by atoms with van der Waals surface area (Å²) in [6.07, 6.45) is 0.205. The molecule has 136 valence electrons. The van der Waals surface area contributed by atoms with Gasteiger partial charge >= 0.3 is 0 Å². The third kappa shape index (κ3) is 2.26. The van der Waals surface area contributed by atoms with Crippen molar-refractivity contribution in [3.63, 3.8) is 0 Å². The van der Waals surface area contributed by atoms with Crippen LogP contribution in [0.5, 0.6) is 0 Å². The van der Waals surface area contributed by atoms with Gasteiger partial charge in [0.25, 0.3) is 0 Å². The van der Waals surface area contributed by atoms with Crippen LogP contribution in [0.2, 0.25) is 0 Å². The van der Waals surface area contributed by atoms with E-state index in [-0.39, 0.29) is 6.17 Å². The Hall–Kier alpha value is -3.01. The Morgan fingerprint density at radius 3 is 2.41 bits per heavy atom. The summed E-state index contributed by atoms with van der Waals surface area (Å²) in [4.78, 5) is 9.43. The molecule has 4 nitrogen and oxygen atoms in total. The van der Waals surface area contributed by atoms with E-state index in [4.69, 9.17) is 4.42 Å². The fourth-order valence-electron chi connectivity index (χ4n) is 4.40. The molecule has 1 aliphatic heterocycles. The summed E-state index contributed by atoms with van der Waals surface area (Å²) in [5, 5.41) is 2.18. The zero-order valence-electron chi connectivity index (χ0n) is 16.1. The number of fused-ring (bicyclic) bond motifs is 4. The predicted molar refractivity (Wildman–Crippen MR) is 112 cm³/mol. The molecule has 0 saturated heterocycles. The van der Waals surface area contributed by atoms with Gasteiger partial charge in [0, 0.05) is 22.5 Å². The first kappa shape index (κ1) is 16.2. The second kappa shape index (κ2) is 5.74. The molecule has 0 aliphatic carbocycles. The maximum atomic E-state index is 6.26. The lowest BCUT2D eigenvalue weighted by atomic mass is 10.1. The Bertz CT molecular complexity index is 1160. The minimum atomic E-state index is 0.205. The van der Waals surface area contributed by atoms with Crippen molar-refractivity contribution in [2.24, 2.45) is 0 Å². The first-order chi connectivity index (χ1) is 13.1. The maximum absolute atomic E-state index is 6.26. The summed E-state index contributed by atoms with van der Waals surface area (Å²) in [7, 11) is 0. The van der Waals surface area contributed by atoms with E-state index in [0.717, 1.165) is 27.7 Å². The number of benzene rings is 2. The molecule has 0 saturated carbocycles. The van der Waals surface area contributed by atoms with Crippen LogP contribution in [0, 0.1) is 6.92 Å². The van der Waals surface area contributed by atoms with E-state index in [2.05, 4.69) is 84.1 Å². The summed E-state index contributed by atoms with van der Waals surface area (Å²) in [6, 6.07) is 19.5. The van der Waals surface area contributed by atoms with E-state index in [1.165, 1.54) is 11.4 Å². The first-order valence-corrected chi connectivity index (χ1v) is 9.51. The summed E-state index contributed by atoms with van der Waals surface area (Å²) in [5.74, 6) is 0. The van der Waals surface area contributed by atoms with Crippen molar-refractivity contribution in [2.75, 3.05) is 9.80 Å². The molecule has 0 fully saturated rings. The van der Waals surface area contributed by atoms with Crippen LogP contribution in [0.1, 0.15) is 26.5 Å². The molecule has 0 radical (unpaired) electrons. The van der Waals surface area contributed by atoms with Crippen LogP contribution < -0.4 is 9.80 Å². The zero-order chi connectivity index (χ0) is 18.7. The van der Waals surface area contributed by atoms with Crippen molar-refractivity contribution in [2.45, 2.75) is 39.9 Å². The summed E-state index contributed by atoms with van der Waals surface area (Å²) in [5.41, 5.74) is 6.15. The van der Waals surface area contributed by atoms with Crippen molar-refractivity contribution in [3.05, 3.63) is 60.3 Å². The molecule has 5 rings (SSSR count). The average molecular weight is 357 g/mol. The van der Waals surface area contributed by atoms with Gasteiger partial charge in [0.15, 0.2) is 5.58 Å². The highest BCUT2D eigenvalue weighted by Gasteiger charge is 2.36. The van der Waals surface area contributed by atoms with E-state index in [0.29, 0.717) is 11.8 Å². The van der Waals surface area contributed by atoms with Crippen LogP contribution in [0.15, 0.2) is 59.0 Å². The van der Waals surface area contributed by atoms with Crippen LogP contribution >= 0.6 is 0 Å². The van der Waals surface area contributed by atoms with E-state index in [1.807, 2.05) is 13.0 Å². The lowest BCUT2D eigenvalue weighted by Gasteiger charge is -2.32. The summed E-state index contributed by atoms with van der Waals surface area (Å²) < 4.78 is 6.26. The highest BCUT2D eigenvalue weighted by Crippen LogP contribution is 2.47. The summed E-state index contributed by atoms with van der Waals surface area (Å²) in [6.45, 7) is 8.73. The van der Waals surface area contributed by atoms with Gasteiger partial charge in [-0.2, -0.15) is 0 Å². The molecule has 1 atom stereocenters. The molecule has 0 unspecified atom stereocenters. The van der Waals surface area contributed by atoms with Crippen LogP contribution in [-0.4, -0.2) is 17.2 Å². The van der Waals surface area contributed by atoms with Gasteiger partial charge in [0.2, 0.25) is 5.71 Å². The number of hydrogen-bond donors (Lipinski definition) is 0. The number of rotatable bonds is 2. The first-order valence-electron chi connectivity index (χ1n) is 9.51. The lowest BCUT2D eigenvalue weighted by molar-refractivity contribution is 0.602. The van der Waals surface area contributed by atoms with Gasteiger partial charge in [0.1, 0.15) is 6.17 Å². The van der Waals surface area contributed by atoms with Gasteiger partial charge in [-0.15, -0.1) is 0 Å². The molecular weight excluding hydrogens is 334 g/mol. The smallest absolute Gasteiger partial charge is 0.227 e. The highest BCUT2D eigenvalue weighted by molar-refractivity contribution is 6.09. The monoisotopic (exact) mass is 357 g/mol. The van der Waals surface area contributed by atoms with Crippen molar-refractivity contribution < 1.29 is 4.42 Å². The SMILES string of the molecule is Cc1ccc2c(n1)oc1c(N3c4ccccc4N(C(C)C)[C@@H]3C)cccc12. The molecule has 2 aromatic heterocycles. The van der Waals surface area contributed by atoms with Crippen molar-refractivity contribution in [1.82, 2.24) is 4.98 Å². The molecule has 0 bridgehead atoms. The largest absolute Gasteiger partial charge is 0.435 e. The fraction of sp³-hybridized carbons (Fsp3) is 0.261. The average Bonchev–Trinajstić information content (AvgIpc) is 3.15. The minimum absolute atomic E-state index is 0.205. The number of aryl methyl sites for hydroxylation is 1. The van der Waals surface area contributed by atoms with Gasteiger partial charge in [-0.1, -0.05) is 24.3 Å². The van der Waals surface area contributed by atoms with Crippen LogP contribution in [0.25, 0.3) is 22.1 Å². The summed E-state index contributed by atoms with van der Waals surface area (Å²) >= 11 is 0. The van der Waals surface area contributed by atoms with E-state index in [9.17, 15) is 0 Å². The van der Waals surface area contributed by atoms with E-state index in [1.54, 1.807) is 0 Å². The molecule has 0 N–H and O–H groups in total. The molecule has 4 heteroatoms. The van der Waals surface area contributed by atoms with Crippen molar-refractivity contribution in [1.29, 1.82) is 0 Å². The van der Waals surface area contributed by atoms with Gasteiger partial charge < -0.3 is 14.2 Å². The number of para-hydroxylation sites is 3. The quantitative estimate of drug-likeness (QED) is 0.440. The van der Waals surface area contributed by atoms with E-state index >= 15 is 0 Å². The Morgan fingerprint density at radius 2 is 1.63 bits per heavy atom. The number of furan rings is 1. The Balaban J connectivity index is 1.77. The Morgan fingerprint density at radius 1 is 0.889 bits per heavy atom. The normalized spacial score (nSPS) is 16.7. The number of aromatic nitrogens is 1. The predicted octanol–water partition coefficient (Wildman–Crippen LogP) is 6.00. The Kier molecular flexibility index (Phi) is 3.44. The molecule has 0 spiro atoms. The van der Waals surface area contributed by atoms with E-state index < -0.39 is 0 Å². The third-order valence-electron chi connectivity index (χ3n) is 5.49. The lowest BCUT2D eigenvalue weighted by Crippen LogP contribution is -2.42. The topological polar surface area (TPSA) is 32.5 Å². The van der Waals surface area contributed by atoms with Crippen molar-refractivity contribution >= 4 is 39.1 Å². The molecule has 3 heterocycles. The molecule has 1 aliphatic rings. The van der Waals surface area contributed by atoms with Gasteiger partial charge in [-0.25, -0.2) is 4.98 Å². The minimum Gasteiger partial charge on any atom is -0.435 e. The van der Waals surface area contributed by atoms with Crippen molar-refractivity contribution in [3.8, 4) is 0 Å². The van der Waals surface area contributed by atoms with Gasteiger partial charge in [0.05, 0.1) is 17.1 Å².